The molecule has 0 bridgehead atoms. The van der Waals surface area contributed by atoms with Crippen LogP contribution in [0.2, 0.25) is 5.02 Å². The highest BCUT2D eigenvalue weighted by atomic mass is 35.5. The minimum Gasteiger partial charge on any atom is -0.467 e. The second-order valence-corrected chi connectivity index (χ2v) is 5.01. The number of methoxy groups -OCH3 is 1. The van der Waals surface area contributed by atoms with E-state index in [0.29, 0.717) is 10.0 Å². The van der Waals surface area contributed by atoms with E-state index in [9.17, 15) is 4.79 Å². The molecule has 1 aliphatic rings. The first-order valence-corrected chi connectivity index (χ1v) is 6.56. The molecule has 18 heavy (non-hydrogen) atoms. The molecule has 0 N–H and O–H groups in total. The van der Waals surface area contributed by atoms with Gasteiger partial charge in [-0.05, 0) is 25.0 Å². The summed E-state index contributed by atoms with van der Waals surface area (Å²) in [5.74, 6) is -0.219. The zero-order valence-electron chi connectivity index (χ0n) is 10.1. The Morgan fingerprint density at radius 3 is 2.72 bits per heavy atom. The molecule has 1 saturated heterocycles. The molecule has 1 aromatic rings. The maximum atomic E-state index is 11.7. The number of esters is 1. The van der Waals surface area contributed by atoms with Gasteiger partial charge >= 0.3 is 5.97 Å². The van der Waals surface area contributed by atoms with E-state index in [1.165, 1.54) is 7.11 Å². The van der Waals surface area contributed by atoms with Gasteiger partial charge in [-0.25, -0.2) is 4.79 Å². The lowest BCUT2D eigenvalue weighted by Gasteiger charge is -2.25. The number of carbonyl (C=O) groups is 1. The summed E-state index contributed by atoms with van der Waals surface area (Å²) >= 11 is 11.3. The highest BCUT2D eigenvalue weighted by molar-refractivity contribution is 7.80. The SMILES string of the molecule is COC(=O)[C@@H]1CCCN1C(=S)c1ccc(Cl)cc1. The lowest BCUT2D eigenvalue weighted by Crippen LogP contribution is -2.40. The molecule has 0 unspecified atom stereocenters. The maximum Gasteiger partial charge on any atom is 0.328 e. The van der Waals surface area contributed by atoms with Crippen molar-refractivity contribution in [1.82, 2.24) is 4.90 Å². The number of halogens is 1. The number of benzene rings is 1. The van der Waals surface area contributed by atoms with Gasteiger partial charge < -0.3 is 9.64 Å². The predicted octanol–water partition coefficient (Wildman–Crippen LogP) is 2.65. The molecule has 0 radical (unpaired) electrons. The van der Waals surface area contributed by atoms with Crippen LogP contribution in [0.15, 0.2) is 24.3 Å². The summed E-state index contributed by atoms with van der Waals surface area (Å²) in [6, 6.07) is 7.09. The quantitative estimate of drug-likeness (QED) is 0.616. The van der Waals surface area contributed by atoms with E-state index in [-0.39, 0.29) is 12.0 Å². The second kappa shape index (κ2) is 5.67. The number of nitrogens with zero attached hydrogens (tertiary/aromatic N) is 1. The number of hydrogen-bond donors (Lipinski definition) is 0. The van der Waals surface area contributed by atoms with Gasteiger partial charge in [0.25, 0.3) is 0 Å². The third-order valence-corrected chi connectivity index (χ3v) is 3.80. The average molecular weight is 284 g/mol. The molecular weight excluding hydrogens is 270 g/mol. The van der Waals surface area contributed by atoms with E-state index in [2.05, 4.69) is 0 Å². The first-order valence-electron chi connectivity index (χ1n) is 5.78. The van der Waals surface area contributed by atoms with E-state index >= 15 is 0 Å². The molecule has 1 aliphatic heterocycles. The minimum absolute atomic E-state index is 0.219. The smallest absolute Gasteiger partial charge is 0.328 e. The van der Waals surface area contributed by atoms with Crippen molar-refractivity contribution in [2.45, 2.75) is 18.9 Å². The fraction of sp³-hybridized carbons (Fsp3) is 0.385. The van der Waals surface area contributed by atoms with Crippen molar-refractivity contribution in [3.63, 3.8) is 0 Å². The van der Waals surface area contributed by atoms with Gasteiger partial charge in [-0.15, -0.1) is 0 Å². The summed E-state index contributed by atoms with van der Waals surface area (Å²) in [7, 11) is 1.41. The van der Waals surface area contributed by atoms with Crippen LogP contribution in [0.25, 0.3) is 0 Å². The molecule has 0 amide bonds. The number of carbonyl (C=O) groups excluding carboxylic acids is 1. The topological polar surface area (TPSA) is 29.5 Å². The Kier molecular flexibility index (Phi) is 4.19. The molecule has 2 rings (SSSR count). The molecule has 3 nitrogen and oxygen atoms in total. The molecule has 0 aliphatic carbocycles. The summed E-state index contributed by atoms with van der Waals surface area (Å²) < 4.78 is 4.81. The van der Waals surface area contributed by atoms with Crippen LogP contribution in [0, 0.1) is 0 Å². The Balaban J connectivity index is 2.17. The highest BCUT2D eigenvalue weighted by Crippen LogP contribution is 2.22. The molecule has 0 saturated carbocycles. The Hall–Kier alpha value is -1.13. The van der Waals surface area contributed by atoms with Crippen molar-refractivity contribution in [3.05, 3.63) is 34.9 Å². The van der Waals surface area contributed by atoms with Gasteiger partial charge in [0.15, 0.2) is 0 Å². The molecule has 96 valence electrons. The average Bonchev–Trinajstić information content (AvgIpc) is 2.87. The van der Waals surface area contributed by atoms with Gasteiger partial charge in [-0.1, -0.05) is 36.0 Å². The Bertz CT molecular complexity index is 461. The van der Waals surface area contributed by atoms with Gasteiger partial charge in [-0.3, -0.25) is 0 Å². The van der Waals surface area contributed by atoms with Crippen LogP contribution >= 0.6 is 23.8 Å². The normalized spacial score (nSPS) is 18.8. The Morgan fingerprint density at radius 2 is 2.11 bits per heavy atom. The van der Waals surface area contributed by atoms with Crippen molar-refractivity contribution in [2.75, 3.05) is 13.7 Å². The number of likely N-dealkylation sites (tertiary alicyclic amines) is 1. The standard InChI is InChI=1S/C13H14ClNO2S/c1-17-13(16)11-3-2-8-15(11)12(18)9-4-6-10(14)7-5-9/h4-7,11H,2-3,8H2,1H3/t11-/m0/s1. The van der Waals surface area contributed by atoms with Crippen molar-refractivity contribution < 1.29 is 9.53 Å². The lowest BCUT2D eigenvalue weighted by atomic mass is 10.2. The van der Waals surface area contributed by atoms with E-state index in [1.54, 1.807) is 12.1 Å². The Morgan fingerprint density at radius 1 is 1.44 bits per heavy atom. The molecule has 1 fully saturated rings. The number of hydrogen-bond acceptors (Lipinski definition) is 3. The third-order valence-electron chi connectivity index (χ3n) is 3.08. The summed E-state index contributed by atoms with van der Waals surface area (Å²) in [5.41, 5.74) is 0.908. The predicted molar refractivity (Wildman–Crippen MR) is 74.9 cm³/mol. The van der Waals surface area contributed by atoms with Crippen molar-refractivity contribution in [3.8, 4) is 0 Å². The maximum absolute atomic E-state index is 11.7. The molecule has 5 heteroatoms. The van der Waals surface area contributed by atoms with Crippen LogP contribution in [0.5, 0.6) is 0 Å². The first kappa shape index (κ1) is 13.3. The summed E-state index contributed by atoms with van der Waals surface area (Å²) in [5, 5.41) is 0.674. The van der Waals surface area contributed by atoms with Crippen molar-refractivity contribution in [2.24, 2.45) is 0 Å². The van der Waals surface area contributed by atoms with Crippen molar-refractivity contribution >= 4 is 34.8 Å². The summed E-state index contributed by atoms with van der Waals surface area (Å²) in [6.45, 7) is 0.793. The van der Waals surface area contributed by atoms with Gasteiger partial charge in [0.1, 0.15) is 11.0 Å². The number of thiocarbonyl (C=S) groups is 1. The first-order chi connectivity index (χ1) is 8.63. The lowest BCUT2D eigenvalue weighted by molar-refractivity contribution is -0.144. The Labute approximate surface area is 117 Å². The van der Waals surface area contributed by atoms with Crippen LogP contribution in [-0.2, 0) is 9.53 Å². The zero-order chi connectivity index (χ0) is 13.1. The van der Waals surface area contributed by atoms with E-state index in [0.717, 1.165) is 24.9 Å². The van der Waals surface area contributed by atoms with E-state index < -0.39 is 0 Å². The number of ether oxygens (including phenoxy) is 1. The minimum atomic E-state index is -0.252. The summed E-state index contributed by atoms with van der Waals surface area (Å²) in [6.07, 6.45) is 1.74. The van der Waals surface area contributed by atoms with Crippen LogP contribution in [0.4, 0.5) is 0 Å². The summed E-state index contributed by atoms with van der Waals surface area (Å²) in [4.78, 5) is 14.3. The molecule has 0 aromatic heterocycles. The zero-order valence-corrected chi connectivity index (χ0v) is 11.6. The van der Waals surface area contributed by atoms with Crippen LogP contribution in [0.3, 0.4) is 0 Å². The third kappa shape index (κ3) is 2.65. The van der Waals surface area contributed by atoms with E-state index in [4.69, 9.17) is 28.6 Å². The van der Waals surface area contributed by atoms with Crippen molar-refractivity contribution in [1.29, 1.82) is 0 Å². The molecular formula is C13H14ClNO2S. The monoisotopic (exact) mass is 283 g/mol. The molecule has 0 spiro atoms. The van der Waals surface area contributed by atoms with Crippen LogP contribution in [-0.4, -0.2) is 35.6 Å². The van der Waals surface area contributed by atoms with Gasteiger partial charge in [-0.2, -0.15) is 0 Å². The molecule has 1 heterocycles. The molecule has 1 aromatic carbocycles. The fourth-order valence-corrected chi connectivity index (χ4v) is 2.63. The van der Waals surface area contributed by atoms with Gasteiger partial charge in [0.2, 0.25) is 0 Å². The van der Waals surface area contributed by atoms with Gasteiger partial charge in [0.05, 0.1) is 7.11 Å². The van der Waals surface area contributed by atoms with Crippen LogP contribution < -0.4 is 0 Å². The van der Waals surface area contributed by atoms with Crippen LogP contribution in [0.1, 0.15) is 18.4 Å². The largest absolute Gasteiger partial charge is 0.467 e. The number of rotatable bonds is 2. The fourth-order valence-electron chi connectivity index (χ4n) is 2.15. The van der Waals surface area contributed by atoms with E-state index in [1.807, 2.05) is 17.0 Å². The highest BCUT2D eigenvalue weighted by Gasteiger charge is 2.33. The van der Waals surface area contributed by atoms with Gasteiger partial charge in [0, 0.05) is 17.1 Å². The second-order valence-electron chi connectivity index (χ2n) is 4.19. The molecule has 1 atom stereocenters.